The number of aromatic hydroxyl groups is 1. The second kappa shape index (κ2) is 6.59. The quantitative estimate of drug-likeness (QED) is 0.886. The van der Waals surface area contributed by atoms with Crippen molar-refractivity contribution in [1.29, 1.82) is 0 Å². The normalized spacial score (nSPS) is 18.5. The van der Waals surface area contributed by atoms with E-state index in [1.807, 2.05) is 18.7 Å². The van der Waals surface area contributed by atoms with E-state index < -0.39 is 0 Å². The Labute approximate surface area is 128 Å². The fourth-order valence-corrected chi connectivity index (χ4v) is 2.74. The van der Waals surface area contributed by atoms with Crippen LogP contribution in [0, 0.1) is 0 Å². The molecule has 1 aromatic rings. The van der Waals surface area contributed by atoms with Crippen LogP contribution in [0.3, 0.4) is 0 Å². The molecule has 20 heavy (non-hydrogen) atoms. The maximum absolute atomic E-state index is 12.6. The van der Waals surface area contributed by atoms with Gasteiger partial charge in [-0.2, -0.15) is 0 Å². The molecule has 1 aliphatic rings. The largest absolute Gasteiger partial charge is 0.507 e. The molecule has 0 bridgehead atoms. The minimum Gasteiger partial charge on any atom is -0.507 e. The standard InChI is InChI=1S/C15H21BrN2O2/c1-10(2)18(9-12-4-3-7-17-12)15(20)11-5-6-13(16)14(19)8-11/h5-6,8,10,12,17,19H,3-4,7,9H2,1-2H3. The van der Waals surface area contributed by atoms with Crippen LogP contribution in [-0.2, 0) is 0 Å². The molecule has 1 saturated heterocycles. The molecule has 0 radical (unpaired) electrons. The Morgan fingerprint density at radius 3 is 2.85 bits per heavy atom. The summed E-state index contributed by atoms with van der Waals surface area (Å²) in [5.74, 6) is 0.0649. The van der Waals surface area contributed by atoms with Crippen molar-refractivity contribution in [2.45, 2.75) is 38.8 Å². The molecule has 2 rings (SSSR count). The van der Waals surface area contributed by atoms with E-state index in [2.05, 4.69) is 21.2 Å². The van der Waals surface area contributed by atoms with Crippen molar-refractivity contribution in [1.82, 2.24) is 10.2 Å². The zero-order chi connectivity index (χ0) is 14.7. The summed E-state index contributed by atoms with van der Waals surface area (Å²) in [5, 5.41) is 13.1. The maximum atomic E-state index is 12.6. The second-order valence-corrected chi connectivity index (χ2v) is 6.37. The molecule has 0 saturated carbocycles. The van der Waals surface area contributed by atoms with Crippen LogP contribution < -0.4 is 5.32 Å². The van der Waals surface area contributed by atoms with E-state index in [-0.39, 0.29) is 17.7 Å². The van der Waals surface area contributed by atoms with Gasteiger partial charge in [-0.3, -0.25) is 4.79 Å². The number of nitrogens with one attached hydrogen (secondary N) is 1. The van der Waals surface area contributed by atoms with Crippen molar-refractivity contribution in [2.24, 2.45) is 0 Å². The number of amides is 1. The Morgan fingerprint density at radius 2 is 2.30 bits per heavy atom. The summed E-state index contributed by atoms with van der Waals surface area (Å²) in [5.41, 5.74) is 0.525. The van der Waals surface area contributed by atoms with E-state index in [0.29, 0.717) is 22.6 Å². The van der Waals surface area contributed by atoms with E-state index in [9.17, 15) is 9.90 Å². The minimum absolute atomic E-state index is 0.0310. The van der Waals surface area contributed by atoms with Crippen LogP contribution in [0.25, 0.3) is 0 Å². The smallest absolute Gasteiger partial charge is 0.254 e. The van der Waals surface area contributed by atoms with Crippen molar-refractivity contribution in [2.75, 3.05) is 13.1 Å². The van der Waals surface area contributed by atoms with Crippen LogP contribution in [0.1, 0.15) is 37.0 Å². The molecule has 4 nitrogen and oxygen atoms in total. The average Bonchev–Trinajstić information content (AvgIpc) is 2.91. The Balaban J connectivity index is 2.15. The van der Waals surface area contributed by atoms with Crippen molar-refractivity contribution in [3.63, 3.8) is 0 Å². The Morgan fingerprint density at radius 1 is 1.55 bits per heavy atom. The lowest BCUT2D eigenvalue weighted by atomic mass is 10.1. The zero-order valence-electron chi connectivity index (χ0n) is 11.9. The highest BCUT2D eigenvalue weighted by atomic mass is 79.9. The maximum Gasteiger partial charge on any atom is 0.254 e. The second-order valence-electron chi connectivity index (χ2n) is 5.51. The number of halogens is 1. The third-order valence-corrected chi connectivity index (χ3v) is 4.33. The van der Waals surface area contributed by atoms with Crippen molar-refractivity contribution in [3.8, 4) is 5.75 Å². The monoisotopic (exact) mass is 340 g/mol. The lowest BCUT2D eigenvalue weighted by Crippen LogP contribution is -2.44. The SMILES string of the molecule is CC(C)N(CC1CCCN1)C(=O)c1ccc(Br)c(O)c1. The minimum atomic E-state index is -0.0310. The molecule has 0 aliphatic carbocycles. The van der Waals surface area contributed by atoms with E-state index in [1.54, 1.807) is 12.1 Å². The van der Waals surface area contributed by atoms with Crippen LogP contribution in [0.15, 0.2) is 22.7 Å². The van der Waals surface area contributed by atoms with Crippen LogP contribution >= 0.6 is 15.9 Å². The topological polar surface area (TPSA) is 52.6 Å². The van der Waals surface area contributed by atoms with Gasteiger partial charge in [-0.15, -0.1) is 0 Å². The third kappa shape index (κ3) is 3.52. The van der Waals surface area contributed by atoms with Gasteiger partial charge in [0.15, 0.2) is 0 Å². The summed E-state index contributed by atoms with van der Waals surface area (Å²) in [6.45, 7) is 5.79. The first-order valence-corrected chi connectivity index (χ1v) is 7.81. The van der Waals surface area contributed by atoms with E-state index in [4.69, 9.17) is 0 Å². The summed E-state index contributed by atoms with van der Waals surface area (Å²) in [6, 6.07) is 5.48. The van der Waals surface area contributed by atoms with Gasteiger partial charge in [0.05, 0.1) is 4.47 Å². The predicted molar refractivity (Wildman–Crippen MR) is 83.0 cm³/mol. The van der Waals surface area contributed by atoms with Crippen molar-refractivity contribution in [3.05, 3.63) is 28.2 Å². The van der Waals surface area contributed by atoms with Gasteiger partial charge in [-0.25, -0.2) is 0 Å². The molecule has 1 heterocycles. The van der Waals surface area contributed by atoms with Crippen LogP contribution in [0.5, 0.6) is 5.75 Å². The first-order chi connectivity index (χ1) is 9.49. The van der Waals surface area contributed by atoms with Gasteiger partial charge in [-0.1, -0.05) is 0 Å². The molecule has 5 heteroatoms. The molecule has 1 aliphatic heterocycles. The van der Waals surface area contributed by atoms with E-state index in [0.717, 1.165) is 13.0 Å². The molecule has 1 fully saturated rings. The molecular weight excluding hydrogens is 320 g/mol. The molecule has 1 unspecified atom stereocenters. The summed E-state index contributed by atoms with van der Waals surface area (Å²) in [6.07, 6.45) is 2.28. The molecule has 1 atom stereocenters. The van der Waals surface area contributed by atoms with Crippen molar-refractivity contribution >= 4 is 21.8 Å². The number of carbonyl (C=O) groups excluding carboxylic acids is 1. The van der Waals surface area contributed by atoms with Gasteiger partial charge >= 0.3 is 0 Å². The third-order valence-electron chi connectivity index (χ3n) is 3.66. The van der Waals surface area contributed by atoms with Gasteiger partial charge in [-0.05, 0) is 67.4 Å². The number of phenolic OH excluding ortho intramolecular Hbond substituents is 1. The first-order valence-electron chi connectivity index (χ1n) is 7.02. The van der Waals surface area contributed by atoms with E-state index >= 15 is 0 Å². The fourth-order valence-electron chi connectivity index (χ4n) is 2.49. The molecule has 110 valence electrons. The molecule has 2 N–H and O–H groups in total. The highest BCUT2D eigenvalue weighted by Gasteiger charge is 2.24. The van der Waals surface area contributed by atoms with Crippen molar-refractivity contribution < 1.29 is 9.90 Å². The molecule has 1 aromatic carbocycles. The van der Waals surface area contributed by atoms with Gasteiger partial charge < -0.3 is 15.3 Å². The van der Waals surface area contributed by atoms with Gasteiger partial charge in [0.25, 0.3) is 5.91 Å². The van der Waals surface area contributed by atoms with Gasteiger partial charge in [0.1, 0.15) is 5.75 Å². The predicted octanol–water partition coefficient (Wildman–Crippen LogP) is 2.76. The number of hydrogen-bond donors (Lipinski definition) is 2. The Bertz CT molecular complexity index is 485. The number of carbonyl (C=O) groups is 1. The average molecular weight is 341 g/mol. The highest BCUT2D eigenvalue weighted by molar-refractivity contribution is 9.10. The Hall–Kier alpha value is -1.07. The molecule has 0 aromatic heterocycles. The lowest BCUT2D eigenvalue weighted by Gasteiger charge is -2.29. The number of nitrogens with zero attached hydrogens (tertiary/aromatic N) is 1. The summed E-state index contributed by atoms with van der Waals surface area (Å²) in [7, 11) is 0. The van der Waals surface area contributed by atoms with Crippen LogP contribution in [0.4, 0.5) is 0 Å². The summed E-state index contributed by atoms with van der Waals surface area (Å²) >= 11 is 3.23. The number of benzene rings is 1. The first kappa shape index (κ1) is 15.3. The van der Waals surface area contributed by atoms with Gasteiger partial charge in [0.2, 0.25) is 0 Å². The number of hydrogen-bond acceptors (Lipinski definition) is 3. The summed E-state index contributed by atoms with van der Waals surface area (Å²) < 4.78 is 0.600. The summed E-state index contributed by atoms with van der Waals surface area (Å²) in [4.78, 5) is 14.5. The highest BCUT2D eigenvalue weighted by Crippen LogP contribution is 2.25. The van der Waals surface area contributed by atoms with Crippen LogP contribution in [-0.4, -0.2) is 41.1 Å². The molecule has 1 amide bonds. The molecular formula is C15H21BrN2O2. The fraction of sp³-hybridized carbons (Fsp3) is 0.533. The van der Waals surface area contributed by atoms with E-state index in [1.165, 1.54) is 12.5 Å². The number of rotatable bonds is 4. The Kier molecular flexibility index (Phi) is 5.05. The molecule has 0 spiro atoms. The lowest BCUT2D eigenvalue weighted by molar-refractivity contribution is 0.0688. The zero-order valence-corrected chi connectivity index (χ0v) is 13.5. The number of phenols is 1. The van der Waals surface area contributed by atoms with Gasteiger partial charge in [0, 0.05) is 24.2 Å². The van der Waals surface area contributed by atoms with Crippen LogP contribution in [0.2, 0.25) is 0 Å².